The van der Waals surface area contributed by atoms with E-state index in [9.17, 15) is 4.79 Å². The Hall–Kier alpha value is -0.570. The molecule has 0 bridgehead atoms. The second-order valence-electron chi connectivity index (χ2n) is 4.36. The minimum atomic E-state index is 0.264. The highest BCUT2D eigenvalue weighted by Crippen LogP contribution is 2.54. The highest BCUT2D eigenvalue weighted by Gasteiger charge is 2.47. The van der Waals surface area contributed by atoms with E-state index in [0.29, 0.717) is 12.5 Å². The number of amides is 1. The lowest BCUT2D eigenvalue weighted by Crippen LogP contribution is -2.31. The Morgan fingerprint density at radius 1 is 1.31 bits per heavy atom. The summed E-state index contributed by atoms with van der Waals surface area (Å²) < 4.78 is 0. The fraction of sp³-hybridized carbons (Fsp3) is 0.900. The number of hydrogen-bond acceptors (Lipinski definition) is 2. The number of nitrogens with one attached hydrogen (secondary N) is 1. The predicted molar refractivity (Wildman–Crippen MR) is 51.0 cm³/mol. The summed E-state index contributed by atoms with van der Waals surface area (Å²) in [6.45, 7) is 1.41. The number of hydrogen-bond donors (Lipinski definition) is 2. The van der Waals surface area contributed by atoms with Crippen LogP contribution in [0.15, 0.2) is 0 Å². The van der Waals surface area contributed by atoms with Crippen molar-refractivity contribution in [2.24, 2.45) is 23.5 Å². The molecule has 0 aromatic heterocycles. The average Bonchev–Trinajstić information content (AvgIpc) is 2.74. The number of nitrogens with two attached hydrogens (primary N) is 1. The Balaban J connectivity index is 1.66. The zero-order valence-electron chi connectivity index (χ0n) is 7.96. The second kappa shape index (κ2) is 3.66. The SMILES string of the molecule is NCCCNC(=O)C1CC2CC2C1. The summed E-state index contributed by atoms with van der Waals surface area (Å²) in [6.07, 6.45) is 4.55. The summed E-state index contributed by atoms with van der Waals surface area (Å²) in [4.78, 5) is 11.5. The van der Waals surface area contributed by atoms with E-state index in [1.165, 1.54) is 6.42 Å². The standard InChI is InChI=1S/C10H18N2O/c11-2-1-3-12-10(13)9-5-7-4-8(7)6-9/h7-9H,1-6,11H2,(H,12,13). The number of rotatable bonds is 4. The van der Waals surface area contributed by atoms with Gasteiger partial charge in [-0.25, -0.2) is 0 Å². The molecule has 74 valence electrons. The largest absolute Gasteiger partial charge is 0.356 e. The van der Waals surface area contributed by atoms with Crippen LogP contribution >= 0.6 is 0 Å². The molecular weight excluding hydrogens is 164 g/mol. The van der Waals surface area contributed by atoms with E-state index in [4.69, 9.17) is 5.73 Å². The van der Waals surface area contributed by atoms with Crippen molar-refractivity contribution in [1.82, 2.24) is 5.32 Å². The molecule has 2 rings (SSSR count). The number of fused-ring (bicyclic) bond motifs is 1. The van der Waals surface area contributed by atoms with Crippen LogP contribution < -0.4 is 11.1 Å². The first-order chi connectivity index (χ1) is 6.31. The van der Waals surface area contributed by atoms with E-state index in [1.54, 1.807) is 0 Å². The molecule has 3 nitrogen and oxygen atoms in total. The van der Waals surface area contributed by atoms with Gasteiger partial charge in [-0.3, -0.25) is 4.79 Å². The Kier molecular flexibility index (Phi) is 2.54. The fourth-order valence-corrected chi connectivity index (χ4v) is 2.39. The number of carbonyl (C=O) groups is 1. The average molecular weight is 182 g/mol. The predicted octanol–water partition coefficient (Wildman–Crippen LogP) is 0.497. The maximum atomic E-state index is 11.5. The lowest BCUT2D eigenvalue weighted by molar-refractivity contribution is -0.125. The minimum Gasteiger partial charge on any atom is -0.356 e. The van der Waals surface area contributed by atoms with Crippen molar-refractivity contribution < 1.29 is 4.79 Å². The van der Waals surface area contributed by atoms with Crippen LogP contribution in [0.1, 0.15) is 25.7 Å². The first-order valence-electron chi connectivity index (χ1n) is 5.29. The highest BCUT2D eigenvalue weighted by atomic mass is 16.1. The van der Waals surface area contributed by atoms with Gasteiger partial charge in [-0.1, -0.05) is 0 Å². The molecule has 3 heteroatoms. The molecule has 2 aliphatic rings. The van der Waals surface area contributed by atoms with Crippen molar-refractivity contribution in [3.05, 3.63) is 0 Å². The van der Waals surface area contributed by atoms with Crippen LogP contribution in [0.25, 0.3) is 0 Å². The van der Waals surface area contributed by atoms with Gasteiger partial charge in [0.05, 0.1) is 0 Å². The van der Waals surface area contributed by atoms with Crippen LogP contribution in [0.5, 0.6) is 0 Å². The molecule has 13 heavy (non-hydrogen) atoms. The van der Waals surface area contributed by atoms with Gasteiger partial charge in [0, 0.05) is 12.5 Å². The molecule has 0 radical (unpaired) electrons. The van der Waals surface area contributed by atoms with Crippen molar-refractivity contribution in [2.45, 2.75) is 25.7 Å². The Morgan fingerprint density at radius 2 is 2.00 bits per heavy atom. The molecule has 2 aliphatic carbocycles. The molecule has 2 atom stereocenters. The lowest BCUT2D eigenvalue weighted by atomic mass is 10.0. The molecule has 0 aromatic rings. The van der Waals surface area contributed by atoms with Crippen LogP contribution in [0.4, 0.5) is 0 Å². The summed E-state index contributed by atoms with van der Waals surface area (Å²) in [5.41, 5.74) is 5.35. The van der Waals surface area contributed by atoms with Crippen molar-refractivity contribution >= 4 is 5.91 Å². The molecule has 2 fully saturated rings. The van der Waals surface area contributed by atoms with Gasteiger partial charge in [0.1, 0.15) is 0 Å². The van der Waals surface area contributed by atoms with Gasteiger partial charge < -0.3 is 11.1 Å². The van der Waals surface area contributed by atoms with E-state index < -0.39 is 0 Å². The Labute approximate surface area is 79.1 Å². The highest BCUT2D eigenvalue weighted by molar-refractivity contribution is 5.79. The quantitative estimate of drug-likeness (QED) is 0.622. The molecule has 2 unspecified atom stereocenters. The molecule has 0 aliphatic heterocycles. The Bertz CT molecular complexity index is 195. The molecule has 0 saturated heterocycles. The molecule has 0 aromatic carbocycles. The van der Waals surface area contributed by atoms with Crippen molar-refractivity contribution in [1.29, 1.82) is 0 Å². The van der Waals surface area contributed by atoms with Crippen LogP contribution in [-0.2, 0) is 4.79 Å². The van der Waals surface area contributed by atoms with Gasteiger partial charge in [0.25, 0.3) is 0 Å². The summed E-state index contributed by atoms with van der Waals surface area (Å²) in [7, 11) is 0. The second-order valence-corrected chi connectivity index (χ2v) is 4.36. The van der Waals surface area contributed by atoms with Crippen molar-refractivity contribution in [3.8, 4) is 0 Å². The first kappa shape index (κ1) is 9.00. The molecule has 1 amide bonds. The van der Waals surface area contributed by atoms with Gasteiger partial charge in [-0.2, -0.15) is 0 Å². The maximum Gasteiger partial charge on any atom is 0.223 e. The molecule has 0 heterocycles. The van der Waals surface area contributed by atoms with Crippen LogP contribution in [0.2, 0.25) is 0 Å². The van der Waals surface area contributed by atoms with Gasteiger partial charge in [-0.15, -0.1) is 0 Å². The monoisotopic (exact) mass is 182 g/mol. The van der Waals surface area contributed by atoms with E-state index >= 15 is 0 Å². The van der Waals surface area contributed by atoms with Crippen molar-refractivity contribution in [2.75, 3.05) is 13.1 Å². The van der Waals surface area contributed by atoms with Crippen LogP contribution in [0, 0.1) is 17.8 Å². The molecule has 0 spiro atoms. The third-order valence-corrected chi connectivity index (χ3v) is 3.29. The Morgan fingerprint density at radius 3 is 2.62 bits per heavy atom. The van der Waals surface area contributed by atoms with Gasteiger partial charge in [-0.05, 0) is 44.1 Å². The summed E-state index contributed by atoms with van der Waals surface area (Å²) >= 11 is 0. The fourth-order valence-electron chi connectivity index (χ4n) is 2.39. The third-order valence-electron chi connectivity index (χ3n) is 3.29. The topological polar surface area (TPSA) is 55.1 Å². The smallest absolute Gasteiger partial charge is 0.223 e. The molecule has 2 saturated carbocycles. The zero-order valence-corrected chi connectivity index (χ0v) is 7.96. The summed E-state index contributed by atoms with van der Waals surface area (Å²) in [5.74, 6) is 2.37. The molecular formula is C10H18N2O. The zero-order chi connectivity index (χ0) is 9.26. The maximum absolute atomic E-state index is 11.5. The van der Waals surface area contributed by atoms with E-state index in [-0.39, 0.29) is 5.91 Å². The minimum absolute atomic E-state index is 0.264. The van der Waals surface area contributed by atoms with Gasteiger partial charge in [0.2, 0.25) is 5.91 Å². The third kappa shape index (κ3) is 2.02. The summed E-state index contributed by atoms with van der Waals surface area (Å²) in [5, 5.41) is 2.95. The van der Waals surface area contributed by atoms with Crippen molar-refractivity contribution in [3.63, 3.8) is 0 Å². The lowest BCUT2D eigenvalue weighted by Gasteiger charge is -2.11. The van der Waals surface area contributed by atoms with Gasteiger partial charge in [0.15, 0.2) is 0 Å². The summed E-state index contributed by atoms with van der Waals surface area (Å²) in [6, 6.07) is 0. The van der Waals surface area contributed by atoms with E-state index in [1.807, 2.05) is 0 Å². The first-order valence-corrected chi connectivity index (χ1v) is 5.29. The van der Waals surface area contributed by atoms with Gasteiger partial charge >= 0.3 is 0 Å². The van der Waals surface area contributed by atoms with E-state index in [0.717, 1.165) is 37.6 Å². The van der Waals surface area contributed by atoms with Crippen LogP contribution in [-0.4, -0.2) is 19.0 Å². The molecule has 3 N–H and O–H groups in total. The number of carbonyl (C=O) groups excluding carboxylic acids is 1. The van der Waals surface area contributed by atoms with E-state index in [2.05, 4.69) is 5.32 Å². The van der Waals surface area contributed by atoms with Crippen LogP contribution in [0.3, 0.4) is 0 Å². The normalized spacial score (nSPS) is 35.6.